The van der Waals surface area contributed by atoms with Crippen molar-refractivity contribution < 1.29 is 0 Å². The lowest BCUT2D eigenvalue weighted by Crippen LogP contribution is -2.31. The molecule has 1 aliphatic heterocycles. The minimum Gasteiger partial charge on any atom is -0.371 e. The van der Waals surface area contributed by atoms with Crippen molar-refractivity contribution in [1.29, 1.82) is 0 Å². The third-order valence-electron chi connectivity index (χ3n) is 5.42. The van der Waals surface area contributed by atoms with E-state index in [2.05, 4.69) is 40.6 Å². The molecule has 0 spiro atoms. The summed E-state index contributed by atoms with van der Waals surface area (Å²) in [5.74, 6) is 0. The Balaban J connectivity index is 1.67. The number of benzene rings is 2. The molecular weight excluding hydrogens is 384 g/mol. The maximum absolute atomic E-state index is 6.06. The van der Waals surface area contributed by atoms with Crippen LogP contribution in [0, 0.1) is 0 Å². The smallest absolute Gasteiger partial charge is 0.108 e. The predicted octanol–water partition coefficient (Wildman–Crippen LogP) is 6.70. The molecule has 1 fully saturated rings. The first-order valence-electron chi connectivity index (χ1n) is 10.0. The second-order valence-electron chi connectivity index (χ2n) is 7.42. The van der Waals surface area contributed by atoms with Crippen molar-refractivity contribution in [2.45, 2.75) is 32.1 Å². The van der Waals surface area contributed by atoms with Crippen LogP contribution >= 0.6 is 23.8 Å². The zero-order valence-electron chi connectivity index (χ0n) is 16.0. The third kappa shape index (κ3) is 4.48. The molecule has 28 heavy (non-hydrogen) atoms. The van der Waals surface area contributed by atoms with E-state index in [-0.39, 0.29) is 0 Å². The number of para-hydroxylation sites is 1. The molecular formula is C24H25ClN2S. The Hall–Kier alpha value is -2.10. The lowest BCUT2D eigenvalue weighted by Gasteiger charge is -2.32. The Morgan fingerprint density at radius 1 is 0.929 bits per heavy atom. The summed E-state index contributed by atoms with van der Waals surface area (Å²) in [7, 11) is 0. The van der Waals surface area contributed by atoms with Crippen molar-refractivity contribution >= 4 is 40.6 Å². The normalized spacial score (nSPS) is 18.6. The van der Waals surface area contributed by atoms with Crippen molar-refractivity contribution in [3.05, 3.63) is 82.0 Å². The molecule has 1 N–H and O–H groups in total. The fourth-order valence-corrected chi connectivity index (χ4v) is 4.49. The lowest BCUT2D eigenvalue weighted by molar-refractivity contribution is 0.290. The van der Waals surface area contributed by atoms with Gasteiger partial charge in [0.1, 0.15) is 4.99 Å². The van der Waals surface area contributed by atoms with Gasteiger partial charge >= 0.3 is 0 Å². The molecule has 1 aliphatic carbocycles. The van der Waals surface area contributed by atoms with Gasteiger partial charge in [-0.25, -0.2) is 0 Å². The summed E-state index contributed by atoms with van der Waals surface area (Å²) in [6.07, 6.45) is 8.15. The van der Waals surface area contributed by atoms with E-state index in [1.165, 1.54) is 41.7 Å². The SMILES string of the molecule is S=C(Nc1ccccc1)C1=C(N2CCCCC2)C(=Cc2ccc(Cl)cc2)CC1. The second kappa shape index (κ2) is 8.93. The molecule has 4 heteroatoms. The Labute approximate surface area is 177 Å². The molecule has 2 aromatic carbocycles. The molecule has 2 aliphatic rings. The van der Waals surface area contributed by atoms with Gasteiger partial charge in [-0.2, -0.15) is 0 Å². The summed E-state index contributed by atoms with van der Waals surface area (Å²) in [5.41, 5.74) is 6.26. The van der Waals surface area contributed by atoms with E-state index in [1.54, 1.807) is 0 Å². The topological polar surface area (TPSA) is 15.3 Å². The Morgan fingerprint density at radius 2 is 1.64 bits per heavy atom. The van der Waals surface area contributed by atoms with Gasteiger partial charge in [0.2, 0.25) is 0 Å². The number of nitrogens with one attached hydrogen (secondary N) is 1. The van der Waals surface area contributed by atoms with Crippen LogP contribution in [0.5, 0.6) is 0 Å². The number of thiocarbonyl (C=S) groups is 1. The van der Waals surface area contributed by atoms with Crippen molar-refractivity contribution in [2.24, 2.45) is 0 Å². The van der Waals surface area contributed by atoms with Gasteiger partial charge in [-0.1, -0.05) is 54.2 Å². The molecule has 2 aromatic rings. The molecule has 0 amide bonds. The zero-order valence-corrected chi connectivity index (χ0v) is 17.5. The summed E-state index contributed by atoms with van der Waals surface area (Å²) in [6, 6.07) is 18.3. The summed E-state index contributed by atoms with van der Waals surface area (Å²) >= 11 is 11.9. The van der Waals surface area contributed by atoms with E-state index >= 15 is 0 Å². The quantitative estimate of drug-likeness (QED) is 0.567. The van der Waals surface area contributed by atoms with Gasteiger partial charge in [0.15, 0.2) is 0 Å². The fourth-order valence-electron chi connectivity index (χ4n) is 4.05. The minimum atomic E-state index is 0.772. The van der Waals surface area contributed by atoms with E-state index < -0.39 is 0 Å². The summed E-state index contributed by atoms with van der Waals surface area (Å²) in [6.45, 7) is 2.23. The molecule has 2 nitrogen and oxygen atoms in total. The molecule has 0 atom stereocenters. The molecule has 0 aromatic heterocycles. The molecule has 0 radical (unpaired) electrons. The van der Waals surface area contributed by atoms with Crippen LogP contribution in [0.4, 0.5) is 5.69 Å². The highest BCUT2D eigenvalue weighted by Gasteiger charge is 2.28. The van der Waals surface area contributed by atoms with Gasteiger partial charge in [-0.05, 0) is 73.6 Å². The molecule has 1 saturated heterocycles. The average Bonchev–Trinajstić information content (AvgIpc) is 3.15. The van der Waals surface area contributed by atoms with Gasteiger partial charge in [-0.3, -0.25) is 0 Å². The summed E-state index contributed by atoms with van der Waals surface area (Å²) < 4.78 is 0. The minimum absolute atomic E-state index is 0.772. The highest BCUT2D eigenvalue weighted by atomic mass is 35.5. The van der Waals surface area contributed by atoms with E-state index in [0.717, 1.165) is 41.6 Å². The number of hydrogen-bond donors (Lipinski definition) is 1. The van der Waals surface area contributed by atoms with Gasteiger partial charge in [0, 0.05) is 35.1 Å². The molecule has 4 rings (SSSR count). The standard InChI is InChI=1S/C24H25ClN2S/c25-20-12-9-18(10-13-20)17-19-11-14-22(23(19)27-15-5-2-6-16-27)24(28)26-21-7-3-1-4-8-21/h1,3-4,7-10,12-13,17H,2,5-6,11,14-16H2,(H,26,28). The summed E-state index contributed by atoms with van der Waals surface area (Å²) in [5, 5.41) is 4.22. The van der Waals surface area contributed by atoms with E-state index in [1.807, 2.05) is 30.3 Å². The van der Waals surface area contributed by atoms with Crippen molar-refractivity contribution in [1.82, 2.24) is 4.90 Å². The number of anilines is 1. The van der Waals surface area contributed by atoms with E-state index in [0.29, 0.717) is 0 Å². The molecule has 1 heterocycles. The Bertz CT molecular complexity index is 894. The zero-order chi connectivity index (χ0) is 19.3. The number of likely N-dealkylation sites (tertiary alicyclic amines) is 1. The Morgan fingerprint density at radius 3 is 2.36 bits per heavy atom. The van der Waals surface area contributed by atoms with Gasteiger partial charge in [0.25, 0.3) is 0 Å². The third-order valence-corrected chi connectivity index (χ3v) is 6.02. The van der Waals surface area contributed by atoms with Crippen molar-refractivity contribution in [3.8, 4) is 0 Å². The molecule has 144 valence electrons. The largest absolute Gasteiger partial charge is 0.371 e. The maximum Gasteiger partial charge on any atom is 0.108 e. The van der Waals surface area contributed by atoms with Crippen molar-refractivity contribution in [3.63, 3.8) is 0 Å². The van der Waals surface area contributed by atoms with Crippen LogP contribution < -0.4 is 5.32 Å². The average molecular weight is 409 g/mol. The summed E-state index contributed by atoms with van der Waals surface area (Å²) in [4.78, 5) is 3.40. The molecule has 0 unspecified atom stereocenters. The van der Waals surface area contributed by atoms with Crippen LogP contribution in [0.2, 0.25) is 5.02 Å². The van der Waals surface area contributed by atoms with Gasteiger partial charge < -0.3 is 10.2 Å². The monoisotopic (exact) mass is 408 g/mol. The first-order chi connectivity index (χ1) is 13.7. The first kappa shape index (κ1) is 19.2. The van der Waals surface area contributed by atoms with Crippen LogP contribution in [0.3, 0.4) is 0 Å². The van der Waals surface area contributed by atoms with Crippen LogP contribution in [0.15, 0.2) is 71.4 Å². The molecule has 0 saturated carbocycles. The van der Waals surface area contributed by atoms with Crippen LogP contribution in [-0.4, -0.2) is 23.0 Å². The highest BCUT2D eigenvalue weighted by Crippen LogP contribution is 2.37. The molecule has 0 bridgehead atoms. The predicted molar refractivity (Wildman–Crippen MR) is 124 cm³/mol. The number of nitrogens with zero attached hydrogens (tertiary/aromatic N) is 1. The number of piperidine rings is 1. The van der Waals surface area contributed by atoms with Crippen molar-refractivity contribution in [2.75, 3.05) is 18.4 Å². The number of rotatable bonds is 4. The number of allylic oxidation sites excluding steroid dienone is 1. The second-order valence-corrected chi connectivity index (χ2v) is 8.26. The van der Waals surface area contributed by atoms with E-state index in [4.69, 9.17) is 23.8 Å². The fraction of sp³-hybridized carbons (Fsp3) is 0.292. The lowest BCUT2D eigenvalue weighted by atomic mass is 10.0. The van der Waals surface area contributed by atoms with E-state index in [9.17, 15) is 0 Å². The first-order valence-corrected chi connectivity index (χ1v) is 10.8. The number of hydrogen-bond acceptors (Lipinski definition) is 2. The van der Waals surface area contributed by atoms with Crippen LogP contribution in [0.1, 0.15) is 37.7 Å². The van der Waals surface area contributed by atoms with Gasteiger partial charge in [-0.15, -0.1) is 0 Å². The highest BCUT2D eigenvalue weighted by molar-refractivity contribution is 7.81. The van der Waals surface area contributed by atoms with Crippen LogP contribution in [0.25, 0.3) is 6.08 Å². The maximum atomic E-state index is 6.06. The Kier molecular flexibility index (Phi) is 6.13. The van der Waals surface area contributed by atoms with Gasteiger partial charge in [0.05, 0.1) is 0 Å². The van der Waals surface area contributed by atoms with Crippen LogP contribution in [-0.2, 0) is 0 Å². The number of halogens is 1.